The summed E-state index contributed by atoms with van der Waals surface area (Å²) < 4.78 is 42.1. The fourth-order valence-corrected chi connectivity index (χ4v) is 4.76. The molecular formula is C21H30F3NO. The maximum atomic E-state index is 12.6. The van der Waals surface area contributed by atoms with Crippen LogP contribution in [0.4, 0.5) is 13.2 Å². The average molecular weight is 369 g/mol. The van der Waals surface area contributed by atoms with Crippen molar-refractivity contribution in [1.82, 2.24) is 4.90 Å². The summed E-state index contributed by atoms with van der Waals surface area (Å²) in [6, 6.07) is 6.70. The van der Waals surface area contributed by atoms with Gasteiger partial charge in [-0.25, -0.2) is 0 Å². The SMILES string of the molecule is CC1(C(CN2CCCCC2)c2cccc(OC(F)(F)F)c2)CCCCC1. The van der Waals surface area contributed by atoms with Crippen LogP contribution in [-0.2, 0) is 0 Å². The van der Waals surface area contributed by atoms with Crippen molar-refractivity contribution < 1.29 is 17.9 Å². The molecule has 1 unspecified atom stereocenters. The topological polar surface area (TPSA) is 12.5 Å². The first-order valence-electron chi connectivity index (χ1n) is 9.94. The summed E-state index contributed by atoms with van der Waals surface area (Å²) in [5.74, 6) is 0.149. The number of hydrogen-bond donors (Lipinski definition) is 0. The number of alkyl halides is 3. The van der Waals surface area contributed by atoms with Gasteiger partial charge in [0.15, 0.2) is 0 Å². The Balaban J connectivity index is 1.85. The Hall–Kier alpha value is -1.23. The summed E-state index contributed by atoms with van der Waals surface area (Å²) in [6.45, 7) is 5.47. The Morgan fingerprint density at radius 2 is 1.69 bits per heavy atom. The van der Waals surface area contributed by atoms with E-state index in [-0.39, 0.29) is 17.1 Å². The molecule has 2 nitrogen and oxygen atoms in total. The minimum Gasteiger partial charge on any atom is -0.406 e. The van der Waals surface area contributed by atoms with Gasteiger partial charge in [0.1, 0.15) is 5.75 Å². The van der Waals surface area contributed by atoms with Gasteiger partial charge < -0.3 is 9.64 Å². The zero-order chi connectivity index (χ0) is 18.6. The zero-order valence-electron chi connectivity index (χ0n) is 15.7. The predicted octanol–water partition coefficient (Wildman–Crippen LogP) is 6.13. The number of rotatable bonds is 5. The smallest absolute Gasteiger partial charge is 0.406 e. The van der Waals surface area contributed by atoms with Crippen molar-refractivity contribution in [3.63, 3.8) is 0 Å². The molecule has 1 heterocycles. The summed E-state index contributed by atoms with van der Waals surface area (Å²) in [6.07, 6.45) is 5.08. The van der Waals surface area contributed by atoms with Crippen molar-refractivity contribution in [2.45, 2.75) is 70.6 Å². The molecule has 0 aromatic heterocycles. The fraction of sp³-hybridized carbons (Fsp3) is 0.714. The molecule has 1 aromatic carbocycles. The average Bonchev–Trinajstić information content (AvgIpc) is 2.60. The third-order valence-electron chi connectivity index (χ3n) is 6.22. The van der Waals surface area contributed by atoms with Crippen LogP contribution in [0.2, 0.25) is 0 Å². The lowest BCUT2D eigenvalue weighted by Crippen LogP contribution is -2.40. The third kappa shape index (κ3) is 5.15. The van der Waals surface area contributed by atoms with E-state index in [2.05, 4.69) is 16.6 Å². The quantitative estimate of drug-likeness (QED) is 0.619. The van der Waals surface area contributed by atoms with Crippen molar-refractivity contribution in [2.24, 2.45) is 5.41 Å². The second-order valence-corrected chi connectivity index (χ2v) is 8.25. The Labute approximate surface area is 154 Å². The minimum absolute atomic E-state index is 0.0990. The Bertz CT molecular complexity index is 575. The molecule has 1 aromatic rings. The molecule has 1 atom stereocenters. The molecule has 2 aliphatic rings. The maximum absolute atomic E-state index is 12.6. The van der Waals surface area contributed by atoms with Gasteiger partial charge in [-0.2, -0.15) is 0 Å². The van der Waals surface area contributed by atoms with E-state index in [1.165, 1.54) is 44.6 Å². The van der Waals surface area contributed by atoms with Crippen LogP contribution in [0.5, 0.6) is 5.75 Å². The van der Waals surface area contributed by atoms with Crippen molar-refractivity contribution in [3.8, 4) is 5.75 Å². The molecule has 0 amide bonds. The molecule has 0 spiro atoms. The van der Waals surface area contributed by atoms with E-state index in [0.29, 0.717) is 0 Å². The summed E-state index contributed by atoms with van der Waals surface area (Å²) in [5, 5.41) is 0. The van der Waals surface area contributed by atoms with Gasteiger partial charge in [-0.3, -0.25) is 0 Å². The second kappa shape index (κ2) is 8.20. The highest BCUT2D eigenvalue weighted by Gasteiger charge is 2.38. The van der Waals surface area contributed by atoms with Crippen molar-refractivity contribution in [3.05, 3.63) is 29.8 Å². The van der Waals surface area contributed by atoms with Gasteiger partial charge in [0.05, 0.1) is 0 Å². The van der Waals surface area contributed by atoms with E-state index < -0.39 is 6.36 Å². The van der Waals surface area contributed by atoms with Crippen LogP contribution in [0.25, 0.3) is 0 Å². The van der Waals surface area contributed by atoms with Gasteiger partial charge in [0, 0.05) is 12.5 Å². The number of benzene rings is 1. The molecule has 3 rings (SSSR count). The van der Waals surface area contributed by atoms with E-state index >= 15 is 0 Å². The van der Waals surface area contributed by atoms with E-state index in [9.17, 15) is 13.2 Å². The summed E-state index contributed by atoms with van der Waals surface area (Å²) >= 11 is 0. The Morgan fingerprint density at radius 3 is 2.35 bits per heavy atom. The fourth-order valence-electron chi connectivity index (χ4n) is 4.76. The highest BCUT2D eigenvalue weighted by molar-refractivity contribution is 5.32. The van der Waals surface area contributed by atoms with Crippen LogP contribution in [0.3, 0.4) is 0 Å². The molecule has 1 saturated heterocycles. The summed E-state index contributed by atoms with van der Waals surface area (Å²) in [7, 11) is 0. The van der Waals surface area contributed by atoms with Gasteiger partial charge in [-0.05, 0) is 61.9 Å². The molecule has 0 radical (unpaired) electrons. The zero-order valence-corrected chi connectivity index (χ0v) is 15.7. The molecule has 1 saturated carbocycles. The van der Waals surface area contributed by atoms with Crippen molar-refractivity contribution in [1.29, 1.82) is 0 Å². The molecule has 1 aliphatic heterocycles. The van der Waals surface area contributed by atoms with E-state index in [1.807, 2.05) is 6.07 Å². The lowest BCUT2D eigenvalue weighted by atomic mass is 9.65. The molecule has 146 valence electrons. The second-order valence-electron chi connectivity index (χ2n) is 8.25. The van der Waals surface area contributed by atoms with Gasteiger partial charge in [0.25, 0.3) is 0 Å². The van der Waals surface area contributed by atoms with Crippen LogP contribution in [0.1, 0.15) is 69.8 Å². The van der Waals surface area contributed by atoms with Gasteiger partial charge in [0.2, 0.25) is 0 Å². The van der Waals surface area contributed by atoms with Crippen LogP contribution in [0, 0.1) is 5.41 Å². The van der Waals surface area contributed by atoms with Gasteiger partial charge >= 0.3 is 6.36 Å². The van der Waals surface area contributed by atoms with Crippen LogP contribution >= 0.6 is 0 Å². The monoisotopic (exact) mass is 369 g/mol. The van der Waals surface area contributed by atoms with E-state index in [0.717, 1.165) is 38.0 Å². The van der Waals surface area contributed by atoms with Crippen molar-refractivity contribution in [2.75, 3.05) is 19.6 Å². The Morgan fingerprint density at radius 1 is 1.04 bits per heavy atom. The standard InChI is InChI=1S/C21H30F3NO/c1-20(11-4-2-5-12-20)19(16-25-13-6-3-7-14-25)17-9-8-10-18(15-17)26-21(22,23)24/h8-10,15,19H,2-7,11-14,16H2,1H3. The largest absolute Gasteiger partial charge is 0.573 e. The first kappa shape index (κ1) is 19.5. The van der Waals surface area contributed by atoms with Gasteiger partial charge in [-0.15, -0.1) is 13.2 Å². The summed E-state index contributed by atoms with van der Waals surface area (Å²) in [5.41, 5.74) is 1.13. The normalized spacial score (nSPS) is 22.8. The third-order valence-corrected chi connectivity index (χ3v) is 6.22. The maximum Gasteiger partial charge on any atom is 0.573 e. The van der Waals surface area contributed by atoms with Gasteiger partial charge in [-0.1, -0.05) is 44.7 Å². The number of likely N-dealkylation sites (tertiary alicyclic amines) is 1. The summed E-state index contributed by atoms with van der Waals surface area (Å²) in [4.78, 5) is 2.51. The predicted molar refractivity (Wildman–Crippen MR) is 97.3 cm³/mol. The highest BCUT2D eigenvalue weighted by Crippen LogP contribution is 2.48. The minimum atomic E-state index is -4.64. The Kier molecular flexibility index (Phi) is 6.16. The molecule has 0 N–H and O–H groups in total. The molecule has 5 heteroatoms. The molecular weight excluding hydrogens is 339 g/mol. The van der Waals surface area contributed by atoms with Crippen LogP contribution in [0.15, 0.2) is 24.3 Å². The highest BCUT2D eigenvalue weighted by atomic mass is 19.4. The molecule has 0 bridgehead atoms. The lowest BCUT2D eigenvalue weighted by molar-refractivity contribution is -0.274. The number of nitrogens with zero attached hydrogens (tertiary/aromatic N) is 1. The van der Waals surface area contributed by atoms with Crippen LogP contribution < -0.4 is 4.74 Å². The van der Waals surface area contributed by atoms with Crippen molar-refractivity contribution >= 4 is 0 Å². The first-order chi connectivity index (χ1) is 12.4. The van der Waals surface area contributed by atoms with Crippen LogP contribution in [-0.4, -0.2) is 30.9 Å². The number of ether oxygens (including phenoxy) is 1. The lowest BCUT2D eigenvalue weighted by Gasteiger charge is -2.44. The van der Waals surface area contributed by atoms with E-state index in [1.54, 1.807) is 12.1 Å². The molecule has 2 fully saturated rings. The number of piperidine rings is 1. The number of halogens is 3. The molecule has 1 aliphatic carbocycles. The first-order valence-corrected chi connectivity index (χ1v) is 9.94. The number of hydrogen-bond acceptors (Lipinski definition) is 2. The molecule has 26 heavy (non-hydrogen) atoms. The van der Waals surface area contributed by atoms with E-state index in [4.69, 9.17) is 0 Å².